The number of aliphatic hydroxyl groups excluding tert-OH is 1. The van der Waals surface area contributed by atoms with Crippen LogP contribution in [0.5, 0.6) is 0 Å². The van der Waals surface area contributed by atoms with Crippen LogP contribution in [0.2, 0.25) is 0 Å². The van der Waals surface area contributed by atoms with Crippen LogP contribution in [-0.2, 0) is 9.53 Å². The molecule has 0 radical (unpaired) electrons. The van der Waals surface area contributed by atoms with Crippen LogP contribution in [0.3, 0.4) is 0 Å². The Morgan fingerprint density at radius 1 is 1.56 bits per heavy atom. The molecule has 0 spiro atoms. The van der Waals surface area contributed by atoms with Gasteiger partial charge in [0, 0.05) is 25.9 Å². The third-order valence-corrected chi connectivity index (χ3v) is 3.31. The van der Waals surface area contributed by atoms with Crippen molar-refractivity contribution in [3.05, 3.63) is 12.2 Å². The predicted octanol–water partition coefficient (Wildman–Crippen LogP) is 2.29. The van der Waals surface area contributed by atoms with Crippen LogP contribution in [0.4, 0.5) is 0 Å². The maximum atomic E-state index is 11.7. The number of hydrogen-bond acceptors (Lipinski definition) is 3. The average Bonchev–Trinajstić information content (AvgIpc) is 2.61. The molecule has 1 aliphatic rings. The summed E-state index contributed by atoms with van der Waals surface area (Å²) in [7, 11) is 1.49. The van der Waals surface area contributed by atoms with E-state index in [9.17, 15) is 9.90 Å². The zero-order valence-electron chi connectivity index (χ0n) is 10.2. The van der Waals surface area contributed by atoms with E-state index < -0.39 is 6.29 Å². The van der Waals surface area contributed by atoms with Gasteiger partial charge in [-0.05, 0) is 25.2 Å². The van der Waals surface area contributed by atoms with Gasteiger partial charge in [-0.2, -0.15) is 0 Å². The molecule has 1 N–H and O–H groups in total. The van der Waals surface area contributed by atoms with E-state index >= 15 is 0 Å². The highest BCUT2D eigenvalue weighted by molar-refractivity contribution is 5.83. The fourth-order valence-electron chi connectivity index (χ4n) is 2.35. The number of hydrogen-bond donors (Lipinski definition) is 1. The van der Waals surface area contributed by atoms with Gasteiger partial charge in [-0.25, -0.2) is 0 Å². The summed E-state index contributed by atoms with van der Waals surface area (Å²) in [4.78, 5) is 11.7. The van der Waals surface area contributed by atoms with E-state index in [1.54, 1.807) is 0 Å². The number of ketones is 1. The van der Waals surface area contributed by atoms with Crippen LogP contribution in [0, 0.1) is 11.8 Å². The molecule has 1 saturated carbocycles. The maximum Gasteiger partial charge on any atom is 0.154 e. The number of carbonyl (C=O) groups is 1. The summed E-state index contributed by atoms with van der Waals surface area (Å²) in [5.74, 6) is 0.714. The smallest absolute Gasteiger partial charge is 0.154 e. The lowest BCUT2D eigenvalue weighted by atomic mass is 9.89. The van der Waals surface area contributed by atoms with E-state index in [4.69, 9.17) is 4.74 Å². The normalized spacial score (nSPS) is 27.8. The second-order valence-corrected chi connectivity index (χ2v) is 4.41. The maximum absolute atomic E-state index is 11.7. The second kappa shape index (κ2) is 6.81. The molecule has 0 heterocycles. The van der Waals surface area contributed by atoms with Crippen LogP contribution in [-0.4, -0.2) is 24.3 Å². The number of allylic oxidation sites excluding steroid dienone is 2. The molecule has 1 fully saturated rings. The third-order valence-electron chi connectivity index (χ3n) is 3.31. The van der Waals surface area contributed by atoms with Crippen molar-refractivity contribution in [2.75, 3.05) is 7.11 Å². The zero-order valence-corrected chi connectivity index (χ0v) is 10.2. The van der Waals surface area contributed by atoms with Gasteiger partial charge in [-0.15, -0.1) is 0 Å². The molecular weight excluding hydrogens is 204 g/mol. The monoisotopic (exact) mass is 226 g/mol. The summed E-state index contributed by atoms with van der Waals surface area (Å²) >= 11 is 0. The first kappa shape index (κ1) is 13.4. The third kappa shape index (κ3) is 3.72. The zero-order chi connectivity index (χ0) is 12.0. The molecule has 0 aromatic heterocycles. The highest BCUT2D eigenvalue weighted by Gasteiger charge is 2.34. The summed E-state index contributed by atoms with van der Waals surface area (Å²) in [5.41, 5.74) is 0. The lowest BCUT2D eigenvalue weighted by Crippen LogP contribution is -2.20. The molecule has 3 heteroatoms. The SMILES string of the molecule is CC/C=C\CC1C(=O)CCC1CC(O)OC. The summed E-state index contributed by atoms with van der Waals surface area (Å²) in [6, 6.07) is 0. The summed E-state index contributed by atoms with van der Waals surface area (Å²) < 4.78 is 4.85. The Balaban J connectivity index is 2.49. The highest BCUT2D eigenvalue weighted by atomic mass is 16.6. The number of aliphatic hydroxyl groups is 1. The lowest BCUT2D eigenvalue weighted by Gasteiger charge is -2.19. The molecule has 3 nitrogen and oxygen atoms in total. The van der Waals surface area contributed by atoms with Gasteiger partial charge in [0.2, 0.25) is 0 Å². The Morgan fingerprint density at radius 3 is 2.94 bits per heavy atom. The van der Waals surface area contributed by atoms with Gasteiger partial charge >= 0.3 is 0 Å². The van der Waals surface area contributed by atoms with Gasteiger partial charge in [-0.1, -0.05) is 19.1 Å². The largest absolute Gasteiger partial charge is 0.368 e. The van der Waals surface area contributed by atoms with Crippen LogP contribution >= 0.6 is 0 Å². The van der Waals surface area contributed by atoms with Crippen molar-refractivity contribution in [2.24, 2.45) is 11.8 Å². The minimum atomic E-state index is -0.728. The van der Waals surface area contributed by atoms with E-state index in [0.717, 1.165) is 19.3 Å². The first-order valence-electron chi connectivity index (χ1n) is 6.07. The van der Waals surface area contributed by atoms with Gasteiger partial charge in [0.15, 0.2) is 6.29 Å². The average molecular weight is 226 g/mol. The Hall–Kier alpha value is -0.670. The standard InChI is InChI=1S/C13H22O3/c1-3-4-5-6-11-10(7-8-12(11)14)9-13(15)16-2/h4-5,10-11,13,15H,3,6-9H2,1-2H3/b5-4-. The molecule has 0 bridgehead atoms. The molecule has 16 heavy (non-hydrogen) atoms. The van der Waals surface area contributed by atoms with E-state index in [0.29, 0.717) is 18.6 Å². The van der Waals surface area contributed by atoms with Crippen LogP contribution in [0.15, 0.2) is 12.2 Å². The molecule has 0 saturated heterocycles. The Bertz CT molecular complexity index is 248. The van der Waals surface area contributed by atoms with Crippen LogP contribution in [0.25, 0.3) is 0 Å². The van der Waals surface area contributed by atoms with E-state index in [-0.39, 0.29) is 11.8 Å². The Labute approximate surface area is 97.5 Å². The first-order valence-corrected chi connectivity index (χ1v) is 6.07. The Kier molecular flexibility index (Phi) is 5.71. The molecule has 3 atom stereocenters. The van der Waals surface area contributed by atoms with Crippen LogP contribution in [0.1, 0.15) is 39.0 Å². The molecule has 0 aromatic carbocycles. The van der Waals surface area contributed by atoms with Crippen molar-refractivity contribution in [1.29, 1.82) is 0 Å². The molecule has 0 aliphatic heterocycles. The van der Waals surface area contributed by atoms with Gasteiger partial charge in [-0.3, -0.25) is 4.79 Å². The molecule has 1 aliphatic carbocycles. The molecule has 0 amide bonds. The first-order chi connectivity index (χ1) is 7.69. The second-order valence-electron chi connectivity index (χ2n) is 4.41. The van der Waals surface area contributed by atoms with Crippen molar-refractivity contribution in [3.63, 3.8) is 0 Å². The van der Waals surface area contributed by atoms with E-state index in [1.807, 2.05) is 0 Å². The number of carbonyl (C=O) groups excluding carboxylic acids is 1. The topological polar surface area (TPSA) is 46.5 Å². The van der Waals surface area contributed by atoms with Crippen molar-refractivity contribution in [2.45, 2.75) is 45.3 Å². The van der Waals surface area contributed by atoms with Crippen molar-refractivity contribution >= 4 is 5.78 Å². The summed E-state index contributed by atoms with van der Waals surface area (Å²) in [6.45, 7) is 2.08. The minimum Gasteiger partial charge on any atom is -0.368 e. The summed E-state index contributed by atoms with van der Waals surface area (Å²) in [5, 5.41) is 9.44. The van der Waals surface area contributed by atoms with Crippen molar-refractivity contribution < 1.29 is 14.6 Å². The quantitative estimate of drug-likeness (QED) is 0.558. The van der Waals surface area contributed by atoms with Gasteiger partial charge in [0.05, 0.1) is 0 Å². The van der Waals surface area contributed by atoms with Crippen molar-refractivity contribution in [3.8, 4) is 0 Å². The van der Waals surface area contributed by atoms with Crippen LogP contribution < -0.4 is 0 Å². The Morgan fingerprint density at radius 2 is 2.31 bits per heavy atom. The molecule has 1 rings (SSSR count). The molecular formula is C13H22O3. The van der Waals surface area contributed by atoms with E-state index in [1.165, 1.54) is 7.11 Å². The van der Waals surface area contributed by atoms with Gasteiger partial charge in [0.1, 0.15) is 5.78 Å². The number of Topliss-reactive ketones (excluding diaryl/α,β-unsaturated/α-hetero) is 1. The number of methoxy groups -OCH3 is 1. The minimum absolute atomic E-state index is 0.0904. The van der Waals surface area contributed by atoms with Gasteiger partial charge < -0.3 is 9.84 Å². The fourth-order valence-corrected chi connectivity index (χ4v) is 2.35. The van der Waals surface area contributed by atoms with Gasteiger partial charge in [0.25, 0.3) is 0 Å². The summed E-state index contributed by atoms with van der Waals surface area (Å²) in [6.07, 6.45) is 7.39. The van der Waals surface area contributed by atoms with Crippen molar-refractivity contribution in [1.82, 2.24) is 0 Å². The predicted molar refractivity (Wildman–Crippen MR) is 62.9 cm³/mol. The van der Waals surface area contributed by atoms with E-state index in [2.05, 4.69) is 19.1 Å². The molecule has 92 valence electrons. The molecule has 0 aromatic rings. The fraction of sp³-hybridized carbons (Fsp3) is 0.769. The number of rotatable bonds is 6. The number of ether oxygens (including phenoxy) is 1. The highest BCUT2D eigenvalue weighted by Crippen LogP contribution is 2.34. The molecule has 3 unspecified atom stereocenters. The lowest BCUT2D eigenvalue weighted by molar-refractivity contribution is -0.122.